The first-order valence-electron chi connectivity index (χ1n) is 15.2. The number of benzene rings is 2. The molecule has 0 N–H and O–H groups in total. The molecule has 0 aliphatic rings. The van der Waals surface area contributed by atoms with Crippen molar-refractivity contribution in [1.82, 2.24) is 0 Å². The highest BCUT2D eigenvalue weighted by atomic mass is 32.1. The lowest BCUT2D eigenvalue weighted by atomic mass is 9.69. The summed E-state index contributed by atoms with van der Waals surface area (Å²) in [5, 5.41) is -0.132. The van der Waals surface area contributed by atoms with Gasteiger partial charge in [0, 0.05) is 10.5 Å². The molecule has 0 amide bonds. The average molecular weight is 583 g/mol. The van der Waals surface area contributed by atoms with Gasteiger partial charge in [0.2, 0.25) is 0 Å². The minimum Gasteiger partial charge on any atom is -0.170 e. The highest BCUT2D eigenvalue weighted by Gasteiger charge is 2.38. The van der Waals surface area contributed by atoms with E-state index in [-0.39, 0.29) is 43.0 Å². The van der Waals surface area contributed by atoms with Crippen LogP contribution in [0, 0.1) is 0 Å². The highest BCUT2D eigenvalue weighted by Crippen LogP contribution is 2.52. The summed E-state index contributed by atoms with van der Waals surface area (Å²) in [6.45, 7) is 42.1. The quantitative estimate of drug-likeness (QED) is 0.330. The zero-order valence-electron chi connectivity index (χ0n) is 29.4. The fourth-order valence-corrected chi connectivity index (χ4v) is 6.46. The fraction of sp³-hybridized carbons (Fsp3) is 0.684. The Morgan fingerprint density at radius 2 is 0.525 bits per heavy atom. The van der Waals surface area contributed by atoms with Crippen LogP contribution in [0.5, 0.6) is 0 Å². The second-order valence-corrected chi connectivity index (χ2v) is 19.5. The summed E-state index contributed by atoms with van der Waals surface area (Å²) in [5.41, 5.74) is 11.1. The maximum absolute atomic E-state index is 5.53. The lowest BCUT2D eigenvalue weighted by molar-refractivity contribution is 0.526. The zero-order chi connectivity index (χ0) is 31.6. The van der Waals surface area contributed by atoms with E-state index in [0.717, 1.165) is 0 Å². The summed E-state index contributed by atoms with van der Waals surface area (Å²) < 4.78 is 0. The first-order valence-corrected chi connectivity index (χ1v) is 16.3. The average Bonchev–Trinajstić information content (AvgIpc) is 2.72. The maximum atomic E-state index is 5.53. The molecule has 0 nitrogen and oxygen atoms in total. The Balaban J connectivity index is 3.09. The Morgan fingerprint density at radius 3 is 0.650 bits per heavy atom. The molecule has 0 spiro atoms. The van der Waals surface area contributed by atoms with Crippen LogP contribution in [0.15, 0.2) is 24.3 Å². The van der Waals surface area contributed by atoms with Crippen molar-refractivity contribution in [2.24, 2.45) is 0 Å². The van der Waals surface area contributed by atoms with Crippen LogP contribution in [0.2, 0.25) is 0 Å². The van der Waals surface area contributed by atoms with Crippen LogP contribution in [0.4, 0.5) is 0 Å². The van der Waals surface area contributed by atoms with E-state index in [0.29, 0.717) is 0 Å². The lowest BCUT2D eigenvalue weighted by Gasteiger charge is -2.39. The van der Waals surface area contributed by atoms with Gasteiger partial charge in [-0.25, -0.2) is 0 Å². The summed E-state index contributed by atoms with van der Waals surface area (Å²) in [6, 6.07) is 9.86. The van der Waals surface area contributed by atoms with Gasteiger partial charge in [0.25, 0.3) is 0 Å². The molecule has 0 bridgehead atoms. The number of hydrogen-bond donors (Lipinski definition) is 2. The third-order valence-corrected chi connectivity index (χ3v) is 9.56. The minimum atomic E-state index is -0.0662. The standard InChI is InChI=1S/C38H62S2/c1-33(2,3)23-19-25(35(7,8)9)29(26(20-23)36(10,11)12)31(39)32(40)30-27(37(13,14)15)21-24(34(4,5)6)22-28(30)38(16,17)18/h19-22,31-32,39-40H,1-18H3. The van der Waals surface area contributed by atoms with Crippen LogP contribution in [0.1, 0.15) is 180 Å². The predicted octanol–water partition coefficient (Wildman–Crippen LogP) is 12.1. The third-order valence-electron chi connectivity index (χ3n) is 8.21. The van der Waals surface area contributed by atoms with Gasteiger partial charge in [0.15, 0.2) is 0 Å². The normalized spacial score (nSPS) is 15.8. The van der Waals surface area contributed by atoms with Gasteiger partial charge in [0.1, 0.15) is 0 Å². The van der Waals surface area contributed by atoms with Gasteiger partial charge in [-0.3, -0.25) is 0 Å². The van der Waals surface area contributed by atoms with Gasteiger partial charge in [-0.05, 0) is 77.0 Å². The van der Waals surface area contributed by atoms with Crippen LogP contribution in [-0.4, -0.2) is 0 Å². The molecule has 0 fully saturated rings. The first kappa shape index (κ1) is 35.3. The Labute approximate surface area is 260 Å². The van der Waals surface area contributed by atoms with Crippen LogP contribution in [0.25, 0.3) is 0 Å². The molecular formula is C38H62S2. The van der Waals surface area contributed by atoms with E-state index in [4.69, 9.17) is 25.3 Å². The summed E-state index contributed by atoms with van der Waals surface area (Å²) in [4.78, 5) is 0. The van der Waals surface area contributed by atoms with E-state index < -0.39 is 0 Å². The molecule has 2 aromatic rings. The predicted molar refractivity (Wildman–Crippen MR) is 189 cm³/mol. The number of rotatable bonds is 3. The van der Waals surface area contributed by atoms with E-state index in [1.807, 2.05) is 0 Å². The molecule has 0 radical (unpaired) electrons. The molecule has 0 aromatic heterocycles. The molecule has 0 aliphatic carbocycles. The van der Waals surface area contributed by atoms with Gasteiger partial charge in [-0.1, -0.05) is 149 Å². The monoisotopic (exact) mass is 582 g/mol. The van der Waals surface area contributed by atoms with E-state index in [2.05, 4.69) is 149 Å². The molecular weight excluding hydrogens is 521 g/mol. The van der Waals surface area contributed by atoms with Crippen molar-refractivity contribution in [2.45, 2.75) is 168 Å². The fourth-order valence-electron chi connectivity index (χ4n) is 5.61. The number of hydrogen-bond acceptors (Lipinski definition) is 2. The van der Waals surface area contributed by atoms with E-state index in [1.165, 1.54) is 44.5 Å². The Bertz CT molecular complexity index is 1040. The molecule has 2 rings (SSSR count). The molecule has 0 aliphatic heterocycles. The molecule has 2 atom stereocenters. The van der Waals surface area contributed by atoms with E-state index in [9.17, 15) is 0 Å². The smallest absolute Gasteiger partial charge is 0.0430 e. The SMILES string of the molecule is CC(C)(C)c1cc(C(C)(C)C)c(C(S)C(S)c2c(C(C)(C)C)cc(C(C)(C)C)cc2C(C)(C)C)c(C(C)(C)C)c1. The second-order valence-electron chi connectivity index (χ2n) is 18.4. The molecule has 0 saturated carbocycles. The Morgan fingerprint density at radius 1 is 0.350 bits per heavy atom. The molecule has 226 valence electrons. The third kappa shape index (κ3) is 7.75. The highest BCUT2D eigenvalue weighted by molar-refractivity contribution is 7.84. The van der Waals surface area contributed by atoms with Crippen molar-refractivity contribution in [1.29, 1.82) is 0 Å². The van der Waals surface area contributed by atoms with Crippen molar-refractivity contribution in [3.63, 3.8) is 0 Å². The topological polar surface area (TPSA) is 0 Å². The van der Waals surface area contributed by atoms with Crippen molar-refractivity contribution < 1.29 is 0 Å². The maximum Gasteiger partial charge on any atom is 0.0430 e. The number of thiol groups is 2. The van der Waals surface area contributed by atoms with Gasteiger partial charge in [-0.15, -0.1) is 0 Å². The van der Waals surface area contributed by atoms with Crippen molar-refractivity contribution in [3.8, 4) is 0 Å². The molecule has 0 heterocycles. The molecule has 2 aromatic carbocycles. The van der Waals surface area contributed by atoms with E-state index >= 15 is 0 Å². The summed E-state index contributed by atoms with van der Waals surface area (Å²) in [7, 11) is 0. The second kappa shape index (κ2) is 11.0. The lowest BCUT2D eigenvalue weighted by Crippen LogP contribution is -2.28. The van der Waals surface area contributed by atoms with Crippen LogP contribution < -0.4 is 0 Å². The largest absolute Gasteiger partial charge is 0.170 e. The van der Waals surface area contributed by atoms with Gasteiger partial charge < -0.3 is 0 Å². The van der Waals surface area contributed by atoms with Gasteiger partial charge in [-0.2, -0.15) is 25.3 Å². The van der Waals surface area contributed by atoms with Crippen LogP contribution >= 0.6 is 25.3 Å². The van der Waals surface area contributed by atoms with Gasteiger partial charge in [0.05, 0.1) is 0 Å². The van der Waals surface area contributed by atoms with Crippen LogP contribution in [0.3, 0.4) is 0 Å². The minimum absolute atomic E-state index is 0.0269. The first-order chi connectivity index (χ1) is 17.5. The Hall–Kier alpha value is -0.860. The van der Waals surface area contributed by atoms with Crippen molar-refractivity contribution >= 4 is 25.3 Å². The molecule has 0 saturated heterocycles. The molecule has 2 unspecified atom stereocenters. The molecule has 2 heteroatoms. The Kier molecular flexibility index (Phi) is 9.72. The van der Waals surface area contributed by atoms with Crippen LogP contribution in [-0.2, 0) is 32.5 Å². The summed E-state index contributed by atoms with van der Waals surface area (Å²) >= 11 is 11.1. The zero-order valence-corrected chi connectivity index (χ0v) is 31.1. The summed E-state index contributed by atoms with van der Waals surface area (Å²) in [5.74, 6) is 0. The van der Waals surface area contributed by atoms with E-state index in [1.54, 1.807) is 0 Å². The summed E-state index contributed by atoms with van der Waals surface area (Å²) in [6.07, 6.45) is 0. The molecule has 40 heavy (non-hydrogen) atoms. The van der Waals surface area contributed by atoms with Crippen molar-refractivity contribution in [2.75, 3.05) is 0 Å². The van der Waals surface area contributed by atoms with Crippen molar-refractivity contribution in [3.05, 3.63) is 68.8 Å². The van der Waals surface area contributed by atoms with Gasteiger partial charge >= 0.3 is 0 Å².